The highest BCUT2D eigenvalue weighted by Crippen LogP contribution is 2.43. The number of nitrogens with one attached hydrogen (secondary N) is 1. The number of carbonyl (C=O) groups is 4. The highest BCUT2D eigenvalue weighted by molar-refractivity contribution is 7.85. The minimum absolute atomic E-state index is 0.0856. The second-order valence-corrected chi connectivity index (χ2v) is 17.7. The monoisotopic (exact) mass is 750 g/mol. The minimum atomic E-state index is -3.64. The van der Waals surface area contributed by atoms with Gasteiger partial charge in [0.15, 0.2) is 5.60 Å². The van der Waals surface area contributed by atoms with Crippen molar-refractivity contribution in [1.29, 1.82) is 0 Å². The van der Waals surface area contributed by atoms with Crippen LogP contribution >= 0.6 is 0 Å². The van der Waals surface area contributed by atoms with Crippen LogP contribution in [0.4, 0.5) is 16.2 Å². The molecule has 3 aliphatic rings. The number of hydrogen-bond donors (Lipinski definition) is 1. The Bertz CT molecular complexity index is 1570. The van der Waals surface area contributed by atoms with Gasteiger partial charge < -0.3 is 34.2 Å². The lowest BCUT2D eigenvalue weighted by Gasteiger charge is -2.40. The van der Waals surface area contributed by atoms with Crippen molar-refractivity contribution in [2.24, 2.45) is 17.8 Å². The lowest BCUT2D eigenvalue weighted by Crippen LogP contribution is -2.55. The van der Waals surface area contributed by atoms with Crippen LogP contribution in [0, 0.1) is 17.8 Å². The van der Waals surface area contributed by atoms with Crippen molar-refractivity contribution in [2.75, 3.05) is 55.5 Å². The number of benzene rings is 1. The lowest BCUT2D eigenvalue weighted by atomic mass is 9.87. The number of carbonyl (C=O) groups excluding carboxylic acids is 4. The molecule has 1 aromatic rings. The summed E-state index contributed by atoms with van der Waals surface area (Å²) in [6.07, 6.45) is 3.14. The Balaban J connectivity index is 1.63. The number of ether oxygens (including phenoxy) is 3. The first-order valence-corrected chi connectivity index (χ1v) is 20.2. The summed E-state index contributed by atoms with van der Waals surface area (Å²) in [5.74, 6) is -1.37. The van der Waals surface area contributed by atoms with Gasteiger partial charge in [-0.3, -0.25) is 18.6 Å². The van der Waals surface area contributed by atoms with E-state index >= 15 is 0 Å². The first-order chi connectivity index (χ1) is 24.2. The Hall–Kier alpha value is -3.43. The van der Waals surface area contributed by atoms with E-state index in [9.17, 15) is 27.6 Å². The van der Waals surface area contributed by atoms with Gasteiger partial charge in [-0.25, -0.2) is 4.79 Å². The molecular weight excluding hydrogens is 692 g/mol. The summed E-state index contributed by atoms with van der Waals surface area (Å²) in [5, 5.41) is 3.13. The summed E-state index contributed by atoms with van der Waals surface area (Å²) in [6.45, 7) is 15.9. The molecule has 1 aliphatic carbocycles. The van der Waals surface area contributed by atoms with Crippen LogP contribution in [0.15, 0.2) is 18.2 Å². The van der Waals surface area contributed by atoms with E-state index in [0.29, 0.717) is 36.3 Å². The number of nitrogens with zero attached hydrogens (tertiary/aromatic N) is 3. The lowest BCUT2D eigenvalue weighted by molar-refractivity contribution is -0.133. The smallest absolute Gasteiger partial charge is 0.410 e. The molecule has 0 radical (unpaired) electrons. The van der Waals surface area contributed by atoms with Crippen LogP contribution in [-0.2, 0) is 38.2 Å². The average Bonchev–Trinajstić information content (AvgIpc) is 3.87. The Labute approximate surface area is 308 Å². The van der Waals surface area contributed by atoms with Gasteiger partial charge in [-0.2, -0.15) is 8.42 Å². The van der Waals surface area contributed by atoms with Crippen LogP contribution in [0.5, 0.6) is 5.75 Å². The molecule has 14 nitrogen and oxygen atoms in total. The van der Waals surface area contributed by atoms with E-state index in [1.54, 1.807) is 62.6 Å². The molecule has 1 aromatic carbocycles. The number of rotatable bonds is 15. The number of anilines is 2. The van der Waals surface area contributed by atoms with E-state index in [4.69, 9.17) is 18.4 Å². The van der Waals surface area contributed by atoms with Gasteiger partial charge >= 0.3 is 6.09 Å². The summed E-state index contributed by atoms with van der Waals surface area (Å²) in [4.78, 5) is 60.2. The van der Waals surface area contributed by atoms with Crippen LogP contribution in [-0.4, -0.2) is 106 Å². The summed E-state index contributed by atoms with van der Waals surface area (Å²) in [5.41, 5.74) is -0.922. The quantitative estimate of drug-likeness (QED) is 0.200. The average molecular weight is 751 g/mol. The molecule has 52 heavy (non-hydrogen) atoms. The number of hydrogen-bond acceptors (Lipinski definition) is 10. The zero-order valence-corrected chi connectivity index (χ0v) is 33.0. The van der Waals surface area contributed by atoms with E-state index in [0.717, 1.165) is 25.5 Å². The maximum Gasteiger partial charge on any atom is 0.410 e. The fraction of sp³-hybridized carbons (Fsp3) is 0.730. The SMILES string of the molecule is CCOC[C@@H](CC(C)C)NC(=O)[C@H]1C[C@@H](C(=O)N(c2ccc3c(c2)N(CCCOS(C)(=O)=O)C(=O)C(C)(C)O3)C2CC2)CN(C(=O)OC(C)(C)C)C1. The Morgan fingerprint density at radius 2 is 1.79 bits per heavy atom. The fourth-order valence-electron chi connectivity index (χ4n) is 6.67. The van der Waals surface area contributed by atoms with Gasteiger partial charge in [0.1, 0.15) is 11.4 Å². The van der Waals surface area contributed by atoms with Crippen LogP contribution in [0.25, 0.3) is 0 Å². The van der Waals surface area contributed by atoms with E-state index in [-0.39, 0.29) is 68.9 Å². The van der Waals surface area contributed by atoms with Gasteiger partial charge in [-0.15, -0.1) is 0 Å². The van der Waals surface area contributed by atoms with Crippen molar-refractivity contribution >= 4 is 45.3 Å². The van der Waals surface area contributed by atoms with Crippen LogP contribution < -0.4 is 19.9 Å². The molecule has 292 valence electrons. The van der Waals surface area contributed by atoms with E-state index in [1.165, 1.54) is 4.90 Å². The molecule has 0 bridgehead atoms. The molecule has 1 N–H and O–H groups in total. The molecular formula is C37H58N4O10S. The predicted molar refractivity (Wildman–Crippen MR) is 197 cm³/mol. The molecule has 0 spiro atoms. The zero-order chi connectivity index (χ0) is 38.6. The summed E-state index contributed by atoms with van der Waals surface area (Å²) >= 11 is 0. The van der Waals surface area contributed by atoms with Crippen molar-refractivity contribution in [1.82, 2.24) is 10.2 Å². The van der Waals surface area contributed by atoms with E-state index < -0.39 is 39.2 Å². The van der Waals surface area contributed by atoms with Crippen LogP contribution in [0.3, 0.4) is 0 Å². The second kappa shape index (κ2) is 16.7. The third-order valence-corrected chi connectivity index (χ3v) is 9.65. The molecule has 2 fully saturated rings. The molecule has 1 saturated heterocycles. The molecule has 1 saturated carbocycles. The number of piperidine rings is 1. The number of amides is 4. The van der Waals surface area contributed by atoms with E-state index in [1.807, 2.05) is 6.92 Å². The molecule has 2 aliphatic heterocycles. The first-order valence-electron chi connectivity index (χ1n) is 18.4. The molecule has 15 heteroatoms. The molecule has 3 atom stereocenters. The first kappa shape index (κ1) is 41.3. The van der Waals surface area contributed by atoms with Gasteiger partial charge in [0, 0.05) is 38.0 Å². The summed E-state index contributed by atoms with van der Waals surface area (Å²) in [7, 11) is -3.64. The maximum atomic E-state index is 14.6. The second-order valence-electron chi connectivity index (χ2n) is 16.0. The van der Waals surface area contributed by atoms with Crippen molar-refractivity contribution in [2.45, 2.75) is 111 Å². The van der Waals surface area contributed by atoms with Crippen molar-refractivity contribution in [3.63, 3.8) is 0 Å². The van der Waals surface area contributed by atoms with E-state index in [2.05, 4.69) is 19.2 Å². The number of fused-ring (bicyclic) bond motifs is 1. The third-order valence-electron chi connectivity index (χ3n) is 9.06. The van der Waals surface area contributed by atoms with Gasteiger partial charge in [0.2, 0.25) is 11.8 Å². The van der Waals surface area contributed by atoms with Gasteiger partial charge in [0.05, 0.1) is 43.0 Å². The standard InChI is InChI=1S/C37H58N4O10S/c1-10-48-23-27(18-24(2)3)38-32(42)25-19-26(22-39(21-25)35(45)51-36(4,5)6)33(43)41(28-12-13-28)29-14-15-31-30(20-29)40(34(44)37(7,8)50-31)16-11-17-49-52(9,46)47/h14-15,20,24-28H,10-13,16-19,21-23H2,1-9H3,(H,38,42)/t25-,26+,27+/m0/s1. The molecule has 0 aromatic heterocycles. The molecule has 4 amide bonds. The Morgan fingerprint density at radius 3 is 2.38 bits per heavy atom. The molecule has 2 heterocycles. The van der Waals surface area contributed by atoms with Gasteiger partial charge in [-0.05, 0) is 97.8 Å². The van der Waals surface area contributed by atoms with Crippen molar-refractivity contribution < 1.29 is 46.0 Å². The third kappa shape index (κ3) is 11.3. The number of likely N-dealkylation sites (tertiary alicyclic amines) is 1. The predicted octanol–water partition coefficient (Wildman–Crippen LogP) is 4.49. The largest absolute Gasteiger partial charge is 0.476 e. The highest BCUT2D eigenvalue weighted by atomic mass is 32.2. The Kier molecular flexibility index (Phi) is 13.3. The minimum Gasteiger partial charge on any atom is -0.476 e. The summed E-state index contributed by atoms with van der Waals surface area (Å²) in [6, 6.07) is 4.96. The van der Waals surface area contributed by atoms with Gasteiger partial charge in [0.25, 0.3) is 16.0 Å². The van der Waals surface area contributed by atoms with Crippen LogP contribution in [0.2, 0.25) is 0 Å². The van der Waals surface area contributed by atoms with Crippen LogP contribution in [0.1, 0.15) is 87.5 Å². The maximum absolute atomic E-state index is 14.6. The van der Waals surface area contributed by atoms with Crippen molar-refractivity contribution in [3.05, 3.63) is 18.2 Å². The fourth-order valence-corrected chi connectivity index (χ4v) is 7.09. The Morgan fingerprint density at radius 1 is 1.12 bits per heavy atom. The van der Waals surface area contributed by atoms with Gasteiger partial charge in [-0.1, -0.05) is 13.8 Å². The molecule has 4 rings (SSSR count). The highest BCUT2D eigenvalue weighted by Gasteiger charge is 2.45. The van der Waals surface area contributed by atoms with Crippen molar-refractivity contribution in [3.8, 4) is 5.75 Å². The normalized spacial score (nSPS) is 20.9. The summed E-state index contributed by atoms with van der Waals surface area (Å²) < 4.78 is 45.4. The zero-order valence-electron chi connectivity index (χ0n) is 32.2. The molecule has 0 unspecified atom stereocenters. The topological polar surface area (TPSA) is 161 Å².